The van der Waals surface area contributed by atoms with E-state index in [0.717, 1.165) is 44.0 Å². The molecule has 0 saturated carbocycles. The minimum atomic E-state index is -0.103. The number of benzene rings is 1. The fraction of sp³-hybridized carbons (Fsp3) is 0.500. The smallest absolute Gasteiger partial charge is 0.309 e. The van der Waals surface area contributed by atoms with Gasteiger partial charge in [-0.15, -0.1) is 24.0 Å². The second-order valence-electron chi connectivity index (χ2n) is 6.71. The van der Waals surface area contributed by atoms with Crippen LogP contribution in [0.2, 0.25) is 5.02 Å². The molecule has 10 heteroatoms. The van der Waals surface area contributed by atoms with Gasteiger partial charge < -0.3 is 19.5 Å². The molecule has 1 aliphatic heterocycles. The molecule has 0 aliphatic carbocycles. The van der Waals surface area contributed by atoms with E-state index in [1.165, 1.54) is 0 Å². The van der Waals surface area contributed by atoms with Gasteiger partial charge in [0.2, 0.25) is 11.7 Å². The van der Waals surface area contributed by atoms with Gasteiger partial charge in [0.1, 0.15) is 6.54 Å². The third kappa shape index (κ3) is 6.56. The second-order valence-corrected chi connectivity index (χ2v) is 7.14. The number of halogens is 2. The zero-order chi connectivity index (χ0) is 20.6. The van der Waals surface area contributed by atoms with Crippen molar-refractivity contribution in [2.75, 3.05) is 26.2 Å². The van der Waals surface area contributed by atoms with E-state index in [2.05, 4.69) is 25.3 Å². The Kier molecular flexibility index (Phi) is 9.83. The van der Waals surface area contributed by atoms with Crippen molar-refractivity contribution in [1.82, 2.24) is 20.4 Å². The molecule has 1 N–H and O–H groups in total. The van der Waals surface area contributed by atoms with E-state index in [-0.39, 0.29) is 42.4 Å². The minimum absolute atomic E-state index is 0. The monoisotopic (exact) mass is 547 g/mol. The number of carbonyl (C=O) groups excluding carboxylic acids is 1. The van der Waals surface area contributed by atoms with Crippen LogP contribution in [-0.2, 0) is 16.1 Å². The summed E-state index contributed by atoms with van der Waals surface area (Å²) in [5, 5.41) is 7.92. The van der Waals surface area contributed by atoms with Crippen LogP contribution in [0, 0.1) is 5.92 Å². The van der Waals surface area contributed by atoms with Gasteiger partial charge in [-0.2, -0.15) is 4.98 Å². The number of aromatic nitrogens is 2. The number of nitrogens with zero attached hydrogens (tertiary/aromatic N) is 4. The fourth-order valence-electron chi connectivity index (χ4n) is 3.22. The molecule has 1 fully saturated rings. The highest BCUT2D eigenvalue weighted by atomic mass is 127. The van der Waals surface area contributed by atoms with E-state index < -0.39 is 0 Å². The van der Waals surface area contributed by atoms with E-state index >= 15 is 0 Å². The van der Waals surface area contributed by atoms with Crippen LogP contribution in [0.1, 0.15) is 32.6 Å². The molecule has 1 aliphatic rings. The van der Waals surface area contributed by atoms with Crippen LogP contribution in [0.5, 0.6) is 0 Å². The van der Waals surface area contributed by atoms with Crippen LogP contribution in [0.4, 0.5) is 0 Å². The molecule has 0 unspecified atom stereocenters. The number of likely N-dealkylation sites (tertiary alicyclic amines) is 1. The van der Waals surface area contributed by atoms with Gasteiger partial charge in [-0.25, -0.2) is 4.99 Å². The Morgan fingerprint density at radius 1 is 1.37 bits per heavy atom. The maximum atomic E-state index is 11.9. The highest BCUT2D eigenvalue weighted by Gasteiger charge is 2.27. The van der Waals surface area contributed by atoms with Crippen LogP contribution in [0.3, 0.4) is 0 Å². The topological polar surface area (TPSA) is 92.9 Å². The molecular weight excluding hydrogens is 521 g/mol. The lowest BCUT2D eigenvalue weighted by atomic mass is 9.97. The maximum Gasteiger partial charge on any atom is 0.309 e. The SMILES string of the molecule is CCNC(=NCc1nc(-c2cccc(Cl)c2)no1)N1CCC(C(=O)OCC)CC1.I. The summed E-state index contributed by atoms with van der Waals surface area (Å²) in [5.74, 6) is 1.55. The minimum Gasteiger partial charge on any atom is -0.466 e. The lowest BCUT2D eigenvalue weighted by Gasteiger charge is -2.33. The molecule has 2 aromatic rings. The predicted molar refractivity (Wildman–Crippen MR) is 126 cm³/mol. The van der Waals surface area contributed by atoms with Crippen LogP contribution in [-0.4, -0.2) is 53.2 Å². The van der Waals surface area contributed by atoms with Gasteiger partial charge in [0, 0.05) is 30.2 Å². The Labute approximate surface area is 198 Å². The summed E-state index contributed by atoms with van der Waals surface area (Å²) in [6.07, 6.45) is 1.51. The van der Waals surface area contributed by atoms with Crippen molar-refractivity contribution in [3.05, 3.63) is 35.2 Å². The summed E-state index contributed by atoms with van der Waals surface area (Å²) in [6.45, 7) is 6.77. The summed E-state index contributed by atoms with van der Waals surface area (Å²) in [5.41, 5.74) is 0.796. The largest absolute Gasteiger partial charge is 0.466 e. The highest BCUT2D eigenvalue weighted by Crippen LogP contribution is 2.21. The van der Waals surface area contributed by atoms with Crippen LogP contribution in [0.15, 0.2) is 33.8 Å². The van der Waals surface area contributed by atoms with Crippen molar-refractivity contribution in [2.45, 2.75) is 33.2 Å². The highest BCUT2D eigenvalue weighted by molar-refractivity contribution is 14.0. The van der Waals surface area contributed by atoms with E-state index in [1.54, 1.807) is 12.1 Å². The lowest BCUT2D eigenvalue weighted by Crippen LogP contribution is -2.46. The zero-order valence-electron chi connectivity index (χ0n) is 17.1. The molecule has 8 nitrogen and oxygen atoms in total. The fourth-order valence-corrected chi connectivity index (χ4v) is 3.41. The number of aliphatic imine (C=N–C) groups is 1. The Balaban J connectivity index is 0.00000320. The predicted octanol–water partition coefficient (Wildman–Crippen LogP) is 3.75. The van der Waals surface area contributed by atoms with Crippen molar-refractivity contribution in [3.8, 4) is 11.4 Å². The summed E-state index contributed by atoms with van der Waals surface area (Å²) < 4.78 is 10.5. The Hall–Kier alpha value is -1.88. The van der Waals surface area contributed by atoms with Crippen LogP contribution >= 0.6 is 35.6 Å². The van der Waals surface area contributed by atoms with Crippen LogP contribution in [0.25, 0.3) is 11.4 Å². The van der Waals surface area contributed by atoms with Gasteiger partial charge in [-0.05, 0) is 38.8 Å². The van der Waals surface area contributed by atoms with Gasteiger partial charge in [-0.1, -0.05) is 28.9 Å². The molecule has 0 spiro atoms. The van der Waals surface area contributed by atoms with Crippen LogP contribution < -0.4 is 5.32 Å². The molecule has 30 heavy (non-hydrogen) atoms. The molecule has 0 radical (unpaired) electrons. The molecule has 0 bridgehead atoms. The van der Waals surface area contributed by atoms with Gasteiger partial charge in [0.05, 0.1) is 12.5 Å². The summed E-state index contributed by atoms with van der Waals surface area (Å²) in [4.78, 5) is 23.1. The first kappa shape index (κ1) is 24.4. The van der Waals surface area contributed by atoms with E-state index in [9.17, 15) is 4.79 Å². The number of esters is 1. The number of rotatable bonds is 6. The first-order valence-corrected chi connectivity index (χ1v) is 10.3. The Bertz CT molecular complexity index is 852. The molecule has 1 aromatic carbocycles. The Morgan fingerprint density at radius 2 is 2.13 bits per heavy atom. The molecule has 1 saturated heterocycles. The van der Waals surface area contributed by atoms with E-state index in [4.69, 9.17) is 20.9 Å². The van der Waals surface area contributed by atoms with Crippen molar-refractivity contribution in [2.24, 2.45) is 10.9 Å². The molecule has 0 atom stereocenters. The third-order valence-corrected chi connectivity index (χ3v) is 4.90. The quantitative estimate of drug-likeness (QED) is 0.255. The average molecular weight is 548 g/mol. The van der Waals surface area contributed by atoms with Crippen molar-refractivity contribution >= 4 is 47.5 Å². The first-order chi connectivity index (χ1) is 14.1. The van der Waals surface area contributed by atoms with E-state index in [1.807, 2.05) is 26.0 Å². The summed E-state index contributed by atoms with van der Waals surface area (Å²) in [6, 6.07) is 7.30. The normalized spacial score (nSPS) is 14.9. The maximum absolute atomic E-state index is 11.9. The van der Waals surface area contributed by atoms with E-state index in [0.29, 0.717) is 23.3 Å². The third-order valence-electron chi connectivity index (χ3n) is 4.66. The molecule has 1 aromatic heterocycles. The number of piperidine rings is 1. The average Bonchev–Trinajstić information content (AvgIpc) is 3.20. The molecule has 164 valence electrons. The number of hydrogen-bond acceptors (Lipinski definition) is 6. The summed E-state index contributed by atoms with van der Waals surface area (Å²) >= 11 is 6.02. The number of ether oxygens (including phenoxy) is 1. The standard InChI is InChI=1S/C20H26ClN5O3.HI/c1-3-22-20(26-10-8-14(9-11-26)19(27)28-4-2)23-13-17-24-18(25-29-17)15-6-5-7-16(21)12-15;/h5-7,12,14H,3-4,8-11,13H2,1-2H3,(H,22,23);1H. The van der Waals surface area contributed by atoms with Gasteiger partial charge in [-0.3, -0.25) is 4.79 Å². The second kappa shape index (κ2) is 12.1. The number of nitrogens with one attached hydrogen (secondary N) is 1. The number of carbonyl (C=O) groups is 1. The molecule has 0 amide bonds. The molecule has 3 rings (SSSR count). The van der Waals surface area contributed by atoms with Crippen molar-refractivity contribution in [3.63, 3.8) is 0 Å². The van der Waals surface area contributed by atoms with Crippen molar-refractivity contribution < 1.29 is 14.1 Å². The lowest BCUT2D eigenvalue weighted by molar-refractivity contribution is -0.149. The van der Waals surface area contributed by atoms with Crippen molar-refractivity contribution in [1.29, 1.82) is 0 Å². The van der Waals surface area contributed by atoms with Gasteiger partial charge in [0.15, 0.2) is 5.96 Å². The number of guanidine groups is 1. The number of hydrogen-bond donors (Lipinski definition) is 1. The first-order valence-electron chi connectivity index (χ1n) is 9.89. The zero-order valence-corrected chi connectivity index (χ0v) is 20.2. The molecule has 2 heterocycles. The van der Waals surface area contributed by atoms with Gasteiger partial charge >= 0.3 is 5.97 Å². The molecular formula is C20H27ClIN5O3. The Morgan fingerprint density at radius 3 is 2.80 bits per heavy atom. The summed E-state index contributed by atoms with van der Waals surface area (Å²) in [7, 11) is 0. The van der Waals surface area contributed by atoms with Gasteiger partial charge in [0.25, 0.3) is 0 Å².